The van der Waals surface area contributed by atoms with Gasteiger partial charge in [0, 0.05) is 23.3 Å². The topological polar surface area (TPSA) is 4.93 Å². The van der Waals surface area contributed by atoms with Crippen molar-refractivity contribution in [2.75, 3.05) is 0 Å². The molecule has 0 aliphatic carbocycles. The van der Waals surface area contributed by atoms with Crippen LogP contribution in [0.15, 0.2) is 36.4 Å². The second-order valence-corrected chi connectivity index (χ2v) is 7.08. The highest BCUT2D eigenvalue weighted by atomic mass is 14.9. The molecule has 0 aliphatic rings. The smallest absolute Gasteiger partial charge is 0.0521 e. The van der Waals surface area contributed by atoms with Gasteiger partial charge < -0.3 is 4.57 Å². The lowest BCUT2D eigenvalue weighted by Gasteiger charge is -2.19. The Balaban J connectivity index is 2.44. The van der Waals surface area contributed by atoms with Crippen LogP contribution in [-0.2, 0) is 13.5 Å². The molecule has 0 saturated heterocycles. The Morgan fingerprint density at radius 1 is 1.00 bits per heavy atom. The molecule has 3 aromatic rings. The Kier molecular flexibility index (Phi) is 2.89. The number of rotatable bonds is 1. The maximum atomic E-state index is 2.34. The third-order valence-corrected chi connectivity index (χ3v) is 4.06. The fourth-order valence-electron chi connectivity index (χ4n) is 3.29. The van der Waals surface area contributed by atoms with E-state index in [1.54, 1.807) is 0 Å². The zero-order chi connectivity index (χ0) is 14.5. The molecule has 1 heterocycles. The SMILES string of the molecule is Cc1ccc(CC(C)(C)C)c2c3ccccc3n(C)c12. The number of aromatic nitrogens is 1. The van der Waals surface area contributed by atoms with Gasteiger partial charge in [-0.1, -0.05) is 51.1 Å². The van der Waals surface area contributed by atoms with Crippen molar-refractivity contribution in [1.82, 2.24) is 4.57 Å². The van der Waals surface area contributed by atoms with E-state index in [2.05, 4.69) is 75.7 Å². The number of hydrogen-bond donors (Lipinski definition) is 0. The van der Waals surface area contributed by atoms with Gasteiger partial charge in [-0.15, -0.1) is 0 Å². The summed E-state index contributed by atoms with van der Waals surface area (Å²) in [4.78, 5) is 0. The summed E-state index contributed by atoms with van der Waals surface area (Å²) < 4.78 is 2.34. The number of fused-ring (bicyclic) bond motifs is 3. The van der Waals surface area contributed by atoms with Crippen molar-refractivity contribution in [2.45, 2.75) is 34.1 Å². The lowest BCUT2D eigenvalue weighted by molar-refractivity contribution is 0.412. The molecule has 0 aliphatic heterocycles. The first-order valence-electron chi connectivity index (χ1n) is 7.34. The molecule has 0 spiro atoms. The summed E-state index contributed by atoms with van der Waals surface area (Å²) in [5.74, 6) is 0. The zero-order valence-electron chi connectivity index (χ0n) is 13.1. The van der Waals surface area contributed by atoms with Crippen LogP contribution in [0.1, 0.15) is 31.9 Å². The third kappa shape index (κ3) is 2.02. The predicted molar refractivity (Wildman–Crippen MR) is 88.3 cm³/mol. The highest BCUT2D eigenvalue weighted by Crippen LogP contribution is 2.35. The number of aryl methyl sites for hydroxylation is 2. The molecule has 0 N–H and O–H groups in total. The summed E-state index contributed by atoms with van der Waals surface area (Å²) in [7, 11) is 2.18. The van der Waals surface area contributed by atoms with Gasteiger partial charge in [-0.05, 0) is 36.0 Å². The molecule has 0 unspecified atom stereocenters. The summed E-state index contributed by atoms with van der Waals surface area (Å²) in [6.07, 6.45) is 1.11. The number of hydrogen-bond acceptors (Lipinski definition) is 0. The van der Waals surface area contributed by atoms with Gasteiger partial charge in [0.15, 0.2) is 0 Å². The van der Waals surface area contributed by atoms with Gasteiger partial charge in [-0.3, -0.25) is 0 Å². The van der Waals surface area contributed by atoms with E-state index in [0.29, 0.717) is 5.41 Å². The van der Waals surface area contributed by atoms with Crippen LogP contribution in [0.2, 0.25) is 0 Å². The quantitative estimate of drug-likeness (QED) is 0.568. The molecule has 1 aromatic heterocycles. The van der Waals surface area contributed by atoms with Gasteiger partial charge in [0.05, 0.1) is 5.52 Å². The first kappa shape index (κ1) is 13.2. The number of benzene rings is 2. The van der Waals surface area contributed by atoms with E-state index >= 15 is 0 Å². The molecule has 3 rings (SSSR count). The minimum absolute atomic E-state index is 0.305. The lowest BCUT2D eigenvalue weighted by Crippen LogP contribution is -2.09. The highest BCUT2D eigenvalue weighted by Gasteiger charge is 2.18. The third-order valence-electron chi connectivity index (χ3n) is 4.06. The van der Waals surface area contributed by atoms with E-state index in [9.17, 15) is 0 Å². The average molecular weight is 265 g/mol. The van der Waals surface area contributed by atoms with E-state index in [0.717, 1.165) is 6.42 Å². The molecular formula is C19H23N. The first-order chi connectivity index (χ1) is 9.38. The van der Waals surface area contributed by atoms with Crippen molar-refractivity contribution in [3.63, 3.8) is 0 Å². The number of para-hydroxylation sites is 1. The minimum atomic E-state index is 0.305. The van der Waals surface area contributed by atoms with E-state index in [4.69, 9.17) is 0 Å². The van der Waals surface area contributed by atoms with Crippen molar-refractivity contribution < 1.29 is 0 Å². The van der Waals surface area contributed by atoms with Crippen molar-refractivity contribution >= 4 is 21.8 Å². The molecule has 0 amide bonds. The normalized spacial score (nSPS) is 12.4. The Bertz CT molecular complexity index is 785. The van der Waals surface area contributed by atoms with E-state index in [1.165, 1.54) is 32.9 Å². The van der Waals surface area contributed by atoms with Crippen LogP contribution in [0.5, 0.6) is 0 Å². The lowest BCUT2D eigenvalue weighted by atomic mass is 9.86. The van der Waals surface area contributed by atoms with Gasteiger partial charge in [-0.2, -0.15) is 0 Å². The molecule has 0 fully saturated rings. The molecule has 20 heavy (non-hydrogen) atoms. The molecular weight excluding hydrogens is 242 g/mol. The average Bonchev–Trinajstić information content (AvgIpc) is 2.67. The Labute approximate surface area is 121 Å². The van der Waals surface area contributed by atoms with Crippen LogP contribution >= 0.6 is 0 Å². The standard InChI is InChI=1S/C19H23N/c1-13-10-11-14(12-19(2,3)4)17-15-8-6-7-9-16(15)20(5)18(13)17/h6-11H,12H2,1-5H3. The Hall–Kier alpha value is -1.76. The van der Waals surface area contributed by atoms with Crippen LogP contribution in [0.4, 0.5) is 0 Å². The van der Waals surface area contributed by atoms with Gasteiger partial charge >= 0.3 is 0 Å². The maximum absolute atomic E-state index is 2.34. The first-order valence-corrected chi connectivity index (χ1v) is 7.34. The largest absolute Gasteiger partial charge is 0.343 e. The van der Waals surface area contributed by atoms with Crippen molar-refractivity contribution in [3.05, 3.63) is 47.5 Å². The van der Waals surface area contributed by atoms with Crippen LogP contribution < -0.4 is 0 Å². The van der Waals surface area contributed by atoms with Crippen molar-refractivity contribution in [3.8, 4) is 0 Å². The summed E-state index contributed by atoms with van der Waals surface area (Å²) in [5, 5.41) is 2.82. The van der Waals surface area contributed by atoms with Gasteiger partial charge in [-0.25, -0.2) is 0 Å². The second kappa shape index (κ2) is 4.37. The molecule has 1 nitrogen and oxygen atoms in total. The molecule has 0 saturated carbocycles. The minimum Gasteiger partial charge on any atom is -0.343 e. The molecule has 0 bridgehead atoms. The summed E-state index contributed by atoms with van der Waals surface area (Å²) in [6, 6.07) is 13.3. The van der Waals surface area contributed by atoms with Crippen molar-refractivity contribution in [2.24, 2.45) is 12.5 Å². The zero-order valence-corrected chi connectivity index (χ0v) is 13.1. The van der Waals surface area contributed by atoms with Crippen molar-refractivity contribution in [1.29, 1.82) is 0 Å². The van der Waals surface area contributed by atoms with Gasteiger partial charge in [0.25, 0.3) is 0 Å². The molecule has 0 atom stereocenters. The fraction of sp³-hybridized carbons (Fsp3) is 0.368. The summed E-state index contributed by atoms with van der Waals surface area (Å²) in [5.41, 5.74) is 5.84. The molecule has 0 radical (unpaired) electrons. The monoisotopic (exact) mass is 265 g/mol. The van der Waals surface area contributed by atoms with Gasteiger partial charge in [0.2, 0.25) is 0 Å². The van der Waals surface area contributed by atoms with Crippen LogP contribution in [0.25, 0.3) is 21.8 Å². The molecule has 104 valence electrons. The van der Waals surface area contributed by atoms with Crippen LogP contribution in [0.3, 0.4) is 0 Å². The Morgan fingerprint density at radius 2 is 1.70 bits per heavy atom. The summed E-state index contributed by atoms with van der Waals surface area (Å²) in [6.45, 7) is 9.14. The van der Waals surface area contributed by atoms with E-state index < -0.39 is 0 Å². The number of nitrogens with zero attached hydrogens (tertiary/aromatic N) is 1. The molecule has 1 heteroatoms. The highest BCUT2D eigenvalue weighted by molar-refractivity contribution is 6.10. The summed E-state index contributed by atoms with van der Waals surface area (Å²) >= 11 is 0. The van der Waals surface area contributed by atoms with Crippen LogP contribution in [-0.4, -0.2) is 4.57 Å². The fourth-order valence-corrected chi connectivity index (χ4v) is 3.29. The maximum Gasteiger partial charge on any atom is 0.0521 e. The van der Waals surface area contributed by atoms with E-state index in [-0.39, 0.29) is 0 Å². The van der Waals surface area contributed by atoms with Gasteiger partial charge in [0.1, 0.15) is 0 Å². The predicted octanol–water partition coefficient (Wildman–Crippen LogP) is 5.23. The second-order valence-electron chi connectivity index (χ2n) is 7.08. The molecule has 2 aromatic carbocycles. The van der Waals surface area contributed by atoms with E-state index in [1.807, 2.05) is 0 Å². The van der Waals surface area contributed by atoms with Crippen LogP contribution in [0, 0.1) is 12.3 Å². The Morgan fingerprint density at radius 3 is 2.40 bits per heavy atom.